The van der Waals surface area contributed by atoms with E-state index in [2.05, 4.69) is 18.9 Å². The van der Waals surface area contributed by atoms with Crippen molar-refractivity contribution < 1.29 is 4.74 Å². The van der Waals surface area contributed by atoms with E-state index in [4.69, 9.17) is 4.74 Å². The molecule has 2 heteroatoms. The van der Waals surface area contributed by atoms with E-state index in [0.717, 1.165) is 13.2 Å². The predicted octanol–water partition coefficient (Wildman–Crippen LogP) is 1.51. The molecule has 66 valence electrons. The van der Waals surface area contributed by atoms with Crippen LogP contribution in [0.15, 0.2) is 0 Å². The summed E-state index contributed by atoms with van der Waals surface area (Å²) in [5.41, 5.74) is 0. The smallest absolute Gasteiger partial charge is 0.0714 e. The molecule has 0 spiro atoms. The van der Waals surface area contributed by atoms with Gasteiger partial charge in [0.25, 0.3) is 0 Å². The molecule has 2 nitrogen and oxygen atoms in total. The first-order valence-electron chi connectivity index (χ1n) is 4.63. The molecule has 0 aliphatic carbocycles. The molecule has 0 radical (unpaired) electrons. The Labute approximate surface area is 69.5 Å². The van der Waals surface area contributed by atoms with Gasteiger partial charge in [-0.25, -0.2) is 0 Å². The third-order valence-corrected chi connectivity index (χ3v) is 2.20. The Kier molecular flexibility index (Phi) is 3.87. The third kappa shape index (κ3) is 3.21. The van der Waals surface area contributed by atoms with Crippen molar-refractivity contribution in [1.29, 1.82) is 0 Å². The first-order valence-corrected chi connectivity index (χ1v) is 4.63. The van der Waals surface area contributed by atoms with Crippen molar-refractivity contribution in [2.24, 2.45) is 0 Å². The minimum absolute atomic E-state index is 0.520. The summed E-state index contributed by atoms with van der Waals surface area (Å²) >= 11 is 0. The Morgan fingerprint density at radius 1 is 1.55 bits per heavy atom. The van der Waals surface area contributed by atoms with E-state index >= 15 is 0 Å². The van der Waals surface area contributed by atoms with Gasteiger partial charge in [0.05, 0.1) is 6.10 Å². The first kappa shape index (κ1) is 9.01. The maximum absolute atomic E-state index is 5.67. The van der Waals surface area contributed by atoms with Gasteiger partial charge in [-0.2, -0.15) is 0 Å². The zero-order valence-corrected chi connectivity index (χ0v) is 7.68. The summed E-state index contributed by atoms with van der Waals surface area (Å²) in [5, 5.41) is 0. The van der Waals surface area contributed by atoms with Crippen LogP contribution in [0.25, 0.3) is 0 Å². The lowest BCUT2D eigenvalue weighted by atomic mass is 10.3. The SMILES string of the molecule is CCCCOC1CCN(C)C1. The lowest BCUT2D eigenvalue weighted by Gasteiger charge is -2.10. The van der Waals surface area contributed by atoms with Crippen molar-refractivity contribution in [3.8, 4) is 0 Å². The molecule has 0 saturated carbocycles. The Bertz CT molecular complexity index is 106. The van der Waals surface area contributed by atoms with Gasteiger partial charge in [0.15, 0.2) is 0 Å². The fourth-order valence-corrected chi connectivity index (χ4v) is 1.42. The highest BCUT2D eigenvalue weighted by atomic mass is 16.5. The van der Waals surface area contributed by atoms with Gasteiger partial charge in [-0.1, -0.05) is 13.3 Å². The average Bonchev–Trinajstić information content (AvgIpc) is 2.37. The Morgan fingerprint density at radius 2 is 2.36 bits per heavy atom. The van der Waals surface area contributed by atoms with Crippen LogP contribution in [0, 0.1) is 0 Å². The first-order chi connectivity index (χ1) is 5.33. The molecule has 0 aromatic heterocycles. The highest BCUT2D eigenvalue weighted by Gasteiger charge is 2.18. The largest absolute Gasteiger partial charge is 0.377 e. The summed E-state index contributed by atoms with van der Waals surface area (Å²) in [7, 11) is 2.16. The molecule has 1 heterocycles. The molecule has 1 atom stereocenters. The minimum atomic E-state index is 0.520. The molecule has 1 rings (SSSR count). The predicted molar refractivity (Wildman–Crippen MR) is 46.8 cm³/mol. The number of likely N-dealkylation sites (tertiary alicyclic amines) is 1. The summed E-state index contributed by atoms with van der Waals surface area (Å²) in [6, 6.07) is 0. The van der Waals surface area contributed by atoms with Crippen molar-refractivity contribution in [2.45, 2.75) is 32.3 Å². The number of hydrogen-bond acceptors (Lipinski definition) is 2. The second-order valence-electron chi connectivity index (χ2n) is 3.40. The lowest BCUT2D eigenvalue weighted by Crippen LogP contribution is -2.19. The van der Waals surface area contributed by atoms with Crippen LogP contribution in [0.5, 0.6) is 0 Å². The fourth-order valence-electron chi connectivity index (χ4n) is 1.42. The standard InChI is InChI=1S/C9H19NO/c1-3-4-7-11-9-5-6-10(2)8-9/h9H,3-8H2,1-2H3. The number of hydrogen-bond donors (Lipinski definition) is 0. The van der Waals surface area contributed by atoms with E-state index in [1.807, 2.05) is 0 Å². The summed E-state index contributed by atoms with van der Waals surface area (Å²) in [4.78, 5) is 2.33. The third-order valence-electron chi connectivity index (χ3n) is 2.20. The molecule has 0 aromatic rings. The molecule has 0 N–H and O–H groups in total. The molecule has 0 aromatic carbocycles. The Morgan fingerprint density at radius 3 is 2.91 bits per heavy atom. The summed E-state index contributed by atoms with van der Waals surface area (Å²) < 4.78 is 5.67. The number of rotatable bonds is 4. The van der Waals surface area contributed by atoms with Gasteiger partial charge in [-0.05, 0) is 19.9 Å². The van der Waals surface area contributed by atoms with Crippen LogP contribution in [0.1, 0.15) is 26.2 Å². The maximum Gasteiger partial charge on any atom is 0.0714 e. The van der Waals surface area contributed by atoms with E-state index in [1.54, 1.807) is 0 Å². The molecule has 1 aliphatic rings. The second-order valence-corrected chi connectivity index (χ2v) is 3.40. The van der Waals surface area contributed by atoms with Gasteiger partial charge in [-0.3, -0.25) is 0 Å². The normalized spacial score (nSPS) is 26.2. The topological polar surface area (TPSA) is 12.5 Å². The van der Waals surface area contributed by atoms with Gasteiger partial charge >= 0.3 is 0 Å². The van der Waals surface area contributed by atoms with Crippen LogP contribution < -0.4 is 0 Å². The van der Waals surface area contributed by atoms with Crippen LogP contribution >= 0.6 is 0 Å². The van der Waals surface area contributed by atoms with Crippen LogP contribution in [0.3, 0.4) is 0 Å². The van der Waals surface area contributed by atoms with Gasteiger partial charge < -0.3 is 9.64 Å². The summed E-state index contributed by atoms with van der Waals surface area (Å²) in [6.45, 7) is 5.49. The number of nitrogens with zero attached hydrogens (tertiary/aromatic N) is 1. The van der Waals surface area contributed by atoms with Crippen LogP contribution in [0.4, 0.5) is 0 Å². The maximum atomic E-state index is 5.67. The lowest BCUT2D eigenvalue weighted by molar-refractivity contribution is 0.0590. The van der Waals surface area contributed by atoms with E-state index in [1.165, 1.54) is 25.8 Å². The molecule has 1 saturated heterocycles. The van der Waals surface area contributed by atoms with Crippen LogP contribution in [-0.4, -0.2) is 37.7 Å². The number of unbranched alkanes of at least 4 members (excludes halogenated alkanes) is 1. The van der Waals surface area contributed by atoms with Crippen molar-refractivity contribution in [1.82, 2.24) is 4.90 Å². The molecular weight excluding hydrogens is 138 g/mol. The minimum Gasteiger partial charge on any atom is -0.377 e. The molecule has 1 aliphatic heterocycles. The zero-order chi connectivity index (χ0) is 8.10. The van der Waals surface area contributed by atoms with Gasteiger partial charge in [0, 0.05) is 19.7 Å². The molecule has 11 heavy (non-hydrogen) atoms. The van der Waals surface area contributed by atoms with Gasteiger partial charge in [-0.15, -0.1) is 0 Å². The fraction of sp³-hybridized carbons (Fsp3) is 1.00. The van der Waals surface area contributed by atoms with E-state index in [0.29, 0.717) is 6.10 Å². The monoisotopic (exact) mass is 157 g/mol. The molecule has 0 amide bonds. The molecule has 1 fully saturated rings. The van der Waals surface area contributed by atoms with Crippen molar-refractivity contribution in [3.05, 3.63) is 0 Å². The van der Waals surface area contributed by atoms with Crippen molar-refractivity contribution in [2.75, 3.05) is 26.7 Å². The van der Waals surface area contributed by atoms with Gasteiger partial charge in [0.2, 0.25) is 0 Å². The van der Waals surface area contributed by atoms with Crippen LogP contribution in [0.2, 0.25) is 0 Å². The number of likely N-dealkylation sites (N-methyl/N-ethyl adjacent to an activating group) is 1. The zero-order valence-electron chi connectivity index (χ0n) is 7.68. The highest BCUT2D eigenvalue weighted by Crippen LogP contribution is 2.10. The summed E-state index contributed by atoms with van der Waals surface area (Å²) in [6.07, 6.45) is 4.19. The molecule has 0 bridgehead atoms. The highest BCUT2D eigenvalue weighted by molar-refractivity contribution is 4.72. The Hall–Kier alpha value is -0.0800. The number of ether oxygens (including phenoxy) is 1. The average molecular weight is 157 g/mol. The Balaban J connectivity index is 1.99. The van der Waals surface area contributed by atoms with Crippen molar-refractivity contribution in [3.63, 3.8) is 0 Å². The second kappa shape index (κ2) is 4.73. The van der Waals surface area contributed by atoms with Crippen LogP contribution in [-0.2, 0) is 4.74 Å². The molecule has 1 unspecified atom stereocenters. The van der Waals surface area contributed by atoms with Crippen molar-refractivity contribution >= 4 is 0 Å². The van der Waals surface area contributed by atoms with E-state index < -0.39 is 0 Å². The summed E-state index contributed by atoms with van der Waals surface area (Å²) in [5.74, 6) is 0. The quantitative estimate of drug-likeness (QED) is 0.573. The van der Waals surface area contributed by atoms with E-state index in [-0.39, 0.29) is 0 Å². The van der Waals surface area contributed by atoms with E-state index in [9.17, 15) is 0 Å². The molecular formula is C9H19NO. The van der Waals surface area contributed by atoms with Gasteiger partial charge in [0.1, 0.15) is 0 Å².